The summed E-state index contributed by atoms with van der Waals surface area (Å²) in [5, 5.41) is 6.58. The van der Waals surface area contributed by atoms with Gasteiger partial charge in [-0.2, -0.15) is 0 Å². The van der Waals surface area contributed by atoms with E-state index in [1.54, 1.807) is 14.2 Å². The van der Waals surface area contributed by atoms with E-state index in [-0.39, 0.29) is 0 Å². The van der Waals surface area contributed by atoms with Crippen molar-refractivity contribution in [2.24, 2.45) is 4.99 Å². The van der Waals surface area contributed by atoms with Crippen molar-refractivity contribution in [2.75, 3.05) is 27.3 Å². The summed E-state index contributed by atoms with van der Waals surface area (Å²) in [4.78, 5) is 4.24. The van der Waals surface area contributed by atoms with Gasteiger partial charge in [0, 0.05) is 25.7 Å². The van der Waals surface area contributed by atoms with E-state index in [4.69, 9.17) is 9.47 Å². The zero-order valence-electron chi connectivity index (χ0n) is 15.2. The topological polar surface area (TPSA) is 54.9 Å². The van der Waals surface area contributed by atoms with Crippen LogP contribution in [0.3, 0.4) is 0 Å². The summed E-state index contributed by atoms with van der Waals surface area (Å²) >= 11 is 0. The standard InChI is InChI=1S/C20H27N3O2/c1-16-9-11-18(12-10-16)25-14-6-13-22-20(21-2)23-15-17-7-4-5-8-19(17)24-3/h4-5,7-12H,6,13-15H2,1-3H3,(H2,21,22,23). The fourth-order valence-corrected chi connectivity index (χ4v) is 2.35. The zero-order valence-corrected chi connectivity index (χ0v) is 15.2. The molecule has 0 radical (unpaired) electrons. The van der Waals surface area contributed by atoms with Gasteiger partial charge in [0.05, 0.1) is 13.7 Å². The Hall–Kier alpha value is -2.69. The summed E-state index contributed by atoms with van der Waals surface area (Å²) in [6.07, 6.45) is 0.892. The molecule has 0 atom stereocenters. The maximum Gasteiger partial charge on any atom is 0.191 e. The lowest BCUT2D eigenvalue weighted by molar-refractivity contribution is 0.311. The molecule has 2 aromatic carbocycles. The number of aliphatic imine (C=N–C) groups is 1. The minimum Gasteiger partial charge on any atom is -0.496 e. The van der Waals surface area contributed by atoms with E-state index in [2.05, 4.69) is 34.7 Å². The third-order valence-electron chi connectivity index (χ3n) is 3.77. The third-order valence-corrected chi connectivity index (χ3v) is 3.77. The molecule has 0 aliphatic heterocycles. The van der Waals surface area contributed by atoms with Crippen molar-refractivity contribution in [3.63, 3.8) is 0 Å². The first-order valence-electron chi connectivity index (χ1n) is 8.49. The highest BCUT2D eigenvalue weighted by atomic mass is 16.5. The van der Waals surface area contributed by atoms with E-state index in [0.29, 0.717) is 13.2 Å². The lowest BCUT2D eigenvalue weighted by Crippen LogP contribution is -2.37. The molecule has 2 N–H and O–H groups in total. The van der Waals surface area contributed by atoms with Crippen molar-refractivity contribution in [1.29, 1.82) is 0 Å². The minimum absolute atomic E-state index is 0.656. The Kier molecular flexibility index (Phi) is 7.63. The summed E-state index contributed by atoms with van der Waals surface area (Å²) in [5.41, 5.74) is 2.33. The number of hydrogen-bond donors (Lipinski definition) is 2. The van der Waals surface area contributed by atoms with Gasteiger partial charge < -0.3 is 20.1 Å². The average Bonchev–Trinajstić information content (AvgIpc) is 2.65. The number of guanidine groups is 1. The van der Waals surface area contributed by atoms with Gasteiger partial charge in [-0.1, -0.05) is 35.9 Å². The number of hydrogen-bond acceptors (Lipinski definition) is 3. The molecule has 0 saturated heterocycles. The minimum atomic E-state index is 0.656. The highest BCUT2D eigenvalue weighted by Gasteiger charge is 2.03. The molecule has 0 fully saturated rings. The van der Waals surface area contributed by atoms with E-state index < -0.39 is 0 Å². The quantitative estimate of drug-likeness (QED) is 0.440. The molecule has 25 heavy (non-hydrogen) atoms. The van der Waals surface area contributed by atoms with Gasteiger partial charge in [0.15, 0.2) is 5.96 Å². The van der Waals surface area contributed by atoms with Crippen LogP contribution in [-0.4, -0.2) is 33.3 Å². The van der Waals surface area contributed by atoms with Gasteiger partial charge in [-0.05, 0) is 31.5 Å². The Morgan fingerprint density at radius 2 is 1.80 bits per heavy atom. The average molecular weight is 341 g/mol. The normalized spacial score (nSPS) is 11.1. The number of methoxy groups -OCH3 is 1. The fourth-order valence-electron chi connectivity index (χ4n) is 2.35. The maximum atomic E-state index is 5.72. The Morgan fingerprint density at radius 1 is 1.04 bits per heavy atom. The Balaban J connectivity index is 1.67. The van der Waals surface area contributed by atoms with Crippen LogP contribution in [0.25, 0.3) is 0 Å². The van der Waals surface area contributed by atoms with Crippen molar-refractivity contribution in [3.05, 3.63) is 59.7 Å². The maximum absolute atomic E-state index is 5.72. The van der Waals surface area contributed by atoms with Crippen LogP contribution in [0.4, 0.5) is 0 Å². The molecule has 0 bridgehead atoms. The number of ether oxygens (including phenoxy) is 2. The molecular formula is C20H27N3O2. The number of rotatable bonds is 8. The van der Waals surface area contributed by atoms with Gasteiger partial charge in [-0.3, -0.25) is 4.99 Å². The van der Waals surface area contributed by atoms with E-state index in [1.807, 2.05) is 36.4 Å². The molecule has 0 aromatic heterocycles. The van der Waals surface area contributed by atoms with E-state index in [1.165, 1.54) is 5.56 Å². The van der Waals surface area contributed by atoms with Crippen LogP contribution in [0.2, 0.25) is 0 Å². The molecule has 0 saturated carbocycles. The molecule has 0 unspecified atom stereocenters. The summed E-state index contributed by atoms with van der Waals surface area (Å²) in [5.74, 6) is 2.54. The number of aryl methyl sites for hydroxylation is 1. The van der Waals surface area contributed by atoms with Crippen molar-refractivity contribution in [2.45, 2.75) is 19.9 Å². The molecule has 2 rings (SSSR count). The molecule has 2 aromatic rings. The highest BCUT2D eigenvalue weighted by Crippen LogP contribution is 2.16. The van der Waals surface area contributed by atoms with Crippen LogP contribution < -0.4 is 20.1 Å². The first-order chi connectivity index (χ1) is 12.2. The van der Waals surface area contributed by atoms with Crippen LogP contribution in [0.5, 0.6) is 11.5 Å². The predicted molar refractivity (Wildman–Crippen MR) is 102 cm³/mol. The van der Waals surface area contributed by atoms with Crippen LogP contribution in [-0.2, 0) is 6.54 Å². The molecule has 134 valence electrons. The monoisotopic (exact) mass is 341 g/mol. The molecule has 5 nitrogen and oxygen atoms in total. The van der Waals surface area contributed by atoms with Crippen molar-refractivity contribution in [1.82, 2.24) is 10.6 Å². The molecular weight excluding hydrogens is 314 g/mol. The lowest BCUT2D eigenvalue weighted by Gasteiger charge is -2.14. The SMILES string of the molecule is CN=C(NCCCOc1ccc(C)cc1)NCc1ccccc1OC. The zero-order chi connectivity index (χ0) is 17.9. The largest absolute Gasteiger partial charge is 0.496 e. The van der Waals surface area contributed by atoms with Crippen molar-refractivity contribution in [3.8, 4) is 11.5 Å². The van der Waals surface area contributed by atoms with Gasteiger partial charge in [0.25, 0.3) is 0 Å². The van der Waals surface area contributed by atoms with Gasteiger partial charge in [0.1, 0.15) is 11.5 Å². The Bertz CT molecular complexity index is 669. The lowest BCUT2D eigenvalue weighted by atomic mass is 10.2. The summed E-state index contributed by atoms with van der Waals surface area (Å²) < 4.78 is 11.1. The van der Waals surface area contributed by atoms with Gasteiger partial charge in [0.2, 0.25) is 0 Å². The second-order valence-electron chi connectivity index (χ2n) is 5.68. The number of nitrogens with one attached hydrogen (secondary N) is 2. The molecule has 5 heteroatoms. The predicted octanol–water partition coefficient (Wildman–Crippen LogP) is 3.14. The third kappa shape index (κ3) is 6.37. The first-order valence-corrected chi connectivity index (χ1v) is 8.49. The van der Waals surface area contributed by atoms with Crippen LogP contribution >= 0.6 is 0 Å². The second kappa shape index (κ2) is 10.2. The van der Waals surface area contributed by atoms with E-state index in [0.717, 1.165) is 36.0 Å². The molecule has 0 spiro atoms. The summed E-state index contributed by atoms with van der Waals surface area (Å²) in [6.45, 7) is 4.18. The van der Waals surface area contributed by atoms with Gasteiger partial charge >= 0.3 is 0 Å². The molecule has 0 aliphatic rings. The van der Waals surface area contributed by atoms with Crippen LogP contribution in [0.1, 0.15) is 17.5 Å². The number of benzene rings is 2. The second-order valence-corrected chi connectivity index (χ2v) is 5.68. The van der Waals surface area contributed by atoms with E-state index >= 15 is 0 Å². The van der Waals surface area contributed by atoms with E-state index in [9.17, 15) is 0 Å². The van der Waals surface area contributed by atoms with Crippen molar-refractivity contribution >= 4 is 5.96 Å². The Labute approximate surface area is 150 Å². The molecule has 0 heterocycles. The summed E-state index contributed by atoms with van der Waals surface area (Å²) in [6, 6.07) is 16.0. The van der Waals surface area contributed by atoms with Crippen molar-refractivity contribution < 1.29 is 9.47 Å². The smallest absolute Gasteiger partial charge is 0.191 e. The molecule has 0 aliphatic carbocycles. The van der Waals surface area contributed by atoms with Gasteiger partial charge in [-0.25, -0.2) is 0 Å². The first kappa shape index (κ1) is 18.6. The summed E-state index contributed by atoms with van der Waals surface area (Å²) in [7, 11) is 3.44. The number of nitrogens with zero attached hydrogens (tertiary/aromatic N) is 1. The van der Waals surface area contributed by atoms with Crippen LogP contribution in [0, 0.1) is 6.92 Å². The number of para-hydroxylation sites is 1. The molecule has 0 amide bonds. The van der Waals surface area contributed by atoms with Crippen LogP contribution in [0.15, 0.2) is 53.5 Å². The highest BCUT2D eigenvalue weighted by molar-refractivity contribution is 5.79. The van der Waals surface area contributed by atoms with Gasteiger partial charge in [-0.15, -0.1) is 0 Å². The fraction of sp³-hybridized carbons (Fsp3) is 0.350. The Morgan fingerprint density at radius 3 is 2.52 bits per heavy atom.